The summed E-state index contributed by atoms with van der Waals surface area (Å²) in [6, 6.07) is 42.7. The van der Waals surface area contributed by atoms with Crippen LogP contribution in [-0.2, 0) is 16.6 Å². The van der Waals surface area contributed by atoms with Crippen molar-refractivity contribution in [3.8, 4) is 33.9 Å². The van der Waals surface area contributed by atoms with E-state index in [4.69, 9.17) is 9.47 Å². The molecule has 0 amide bonds. The van der Waals surface area contributed by atoms with Gasteiger partial charge in [-0.05, 0) is 78.2 Å². The topological polar surface area (TPSA) is 57.5 Å². The first kappa shape index (κ1) is 29.4. The van der Waals surface area contributed by atoms with Crippen LogP contribution in [0.2, 0.25) is 0 Å². The van der Waals surface area contributed by atoms with Crippen LogP contribution < -0.4 is 9.47 Å². The maximum Gasteiger partial charge on any atom is 0.268 e. The average molecular weight is 624 g/mol. The molecule has 7 rings (SSSR count). The standard InChI is InChI=1S/C40H33NO4S/c1-27-13-21-33(22-14-27)46(42,43)41-36-23-15-28(2)25-35(36)38(31-16-19-32(44-3)20-17-31)40(41)39-34-12-8-7-11-30(34)18-24-37(39)45-26-29-9-5-4-6-10-29/h4-25H,26H2,1-3H3. The summed E-state index contributed by atoms with van der Waals surface area (Å²) >= 11 is 0. The molecular formula is C40H33NO4S. The number of aryl methyl sites for hydroxylation is 2. The van der Waals surface area contributed by atoms with Crippen LogP contribution in [0.1, 0.15) is 16.7 Å². The van der Waals surface area contributed by atoms with Gasteiger partial charge in [0.05, 0.1) is 23.2 Å². The van der Waals surface area contributed by atoms with Crippen molar-refractivity contribution in [1.29, 1.82) is 0 Å². The third-order valence-corrected chi connectivity index (χ3v) is 10.1. The molecule has 1 heterocycles. The smallest absolute Gasteiger partial charge is 0.268 e. The summed E-state index contributed by atoms with van der Waals surface area (Å²) in [6.45, 7) is 4.30. The number of rotatable bonds is 8. The van der Waals surface area contributed by atoms with Crippen molar-refractivity contribution in [3.05, 3.63) is 150 Å². The normalized spacial score (nSPS) is 11.6. The zero-order valence-electron chi connectivity index (χ0n) is 25.9. The number of aromatic nitrogens is 1. The first-order valence-corrected chi connectivity index (χ1v) is 16.6. The minimum Gasteiger partial charge on any atom is -0.497 e. The van der Waals surface area contributed by atoms with Crippen molar-refractivity contribution < 1.29 is 17.9 Å². The Morgan fingerprint density at radius 2 is 1.35 bits per heavy atom. The number of hydrogen-bond donors (Lipinski definition) is 0. The van der Waals surface area contributed by atoms with E-state index in [9.17, 15) is 8.42 Å². The first-order chi connectivity index (χ1) is 22.3. The van der Waals surface area contributed by atoms with Crippen LogP contribution in [0, 0.1) is 13.8 Å². The summed E-state index contributed by atoms with van der Waals surface area (Å²) in [5.74, 6) is 1.31. The fourth-order valence-corrected chi connectivity index (χ4v) is 7.60. The van der Waals surface area contributed by atoms with Crippen molar-refractivity contribution in [2.24, 2.45) is 0 Å². The summed E-state index contributed by atoms with van der Waals surface area (Å²) in [6.07, 6.45) is 0. The number of methoxy groups -OCH3 is 1. The van der Waals surface area contributed by atoms with Crippen LogP contribution in [0.4, 0.5) is 0 Å². The Kier molecular flexibility index (Phi) is 7.59. The van der Waals surface area contributed by atoms with Gasteiger partial charge in [0, 0.05) is 16.5 Å². The summed E-state index contributed by atoms with van der Waals surface area (Å²) in [4.78, 5) is 0.213. The molecular weight excluding hydrogens is 591 g/mol. The van der Waals surface area contributed by atoms with Gasteiger partial charge in [-0.1, -0.05) is 102 Å². The molecule has 0 spiro atoms. The number of hydrogen-bond acceptors (Lipinski definition) is 4. The van der Waals surface area contributed by atoms with E-state index in [0.717, 1.165) is 49.7 Å². The van der Waals surface area contributed by atoms with Crippen LogP contribution in [0.3, 0.4) is 0 Å². The van der Waals surface area contributed by atoms with E-state index in [-0.39, 0.29) is 4.90 Å². The second-order valence-corrected chi connectivity index (χ2v) is 13.3. The van der Waals surface area contributed by atoms with Gasteiger partial charge in [-0.15, -0.1) is 0 Å². The maximum atomic E-state index is 14.9. The van der Waals surface area contributed by atoms with Crippen molar-refractivity contribution in [2.45, 2.75) is 25.3 Å². The Morgan fingerprint density at radius 3 is 2.09 bits per heavy atom. The molecule has 0 bridgehead atoms. The van der Waals surface area contributed by atoms with Gasteiger partial charge >= 0.3 is 0 Å². The Bertz CT molecular complexity index is 2310. The van der Waals surface area contributed by atoms with Gasteiger partial charge < -0.3 is 9.47 Å². The highest BCUT2D eigenvalue weighted by atomic mass is 32.2. The summed E-state index contributed by atoms with van der Waals surface area (Å²) in [7, 11) is -2.45. The first-order valence-electron chi connectivity index (χ1n) is 15.2. The third kappa shape index (κ3) is 5.21. The van der Waals surface area contributed by atoms with Gasteiger partial charge in [0.1, 0.15) is 18.1 Å². The lowest BCUT2D eigenvalue weighted by atomic mass is 9.94. The van der Waals surface area contributed by atoms with Crippen LogP contribution >= 0.6 is 0 Å². The van der Waals surface area contributed by atoms with E-state index in [2.05, 4.69) is 6.07 Å². The van der Waals surface area contributed by atoms with Gasteiger partial charge in [-0.25, -0.2) is 12.4 Å². The molecule has 46 heavy (non-hydrogen) atoms. The summed E-state index contributed by atoms with van der Waals surface area (Å²) in [5, 5.41) is 2.70. The van der Waals surface area contributed by atoms with E-state index >= 15 is 0 Å². The second kappa shape index (κ2) is 11.9. The van der Waals surface area contributed by atoms with E-state index in [0.29, 0.717) is 29.1 Å². The molecule has 0 aliphatic carbocycles. The molecule has 0 radical (unpaired) electrons. The van der Waals surface area contributed by atoms with Crippen molar-refractivity contribution in [2.75, 3.05) is 7.11 Å². The second-order valence-electron chi connectivity index (χ2n) is 11.5. The largest absolute Gasteiger partial charge is 0.497 e. The number of benzene rings is 6. The highest BCUT2D eigenvalue weighted by Crippen LogP contribution is 2.48. The molecule has 5 nitrogen and oxygen atoms in total. The Hall–Kier alpha value is -5.33. The summed E-state index contributed by atoms with van der Waals surface area (Å²) < 4.78 is 43.4. The molecule has 228 valence electrons. The minimum absolute atomic E-state index is 0.213. The van der Waals surface area contributed by atoms with Gasteiger partial charge in [0.2, 0.25) is 0 Å². The average Bonchev–Trinajstić information content (AvgIpc) is 3.42. The van der Waals surface area contributed by atoms with Gasteiger partial charge in [-0.3, -0.25) is 0 Å². The molecule has 0 fully saturated rings. The molecule has 6 aromatic carbocycles. The maximum absolute atomic E-state index is 14.9. The van der Waals surface area contributed by atoms with Crippen molar-refractivity contribution in [3.63, 3.8) is 0 Å². The predicted octanol–water partition coefficient (Wildman–Crippen LogP) is 9.57. The Morgan fingerprint density at radius 1 is 0.652 bits per heavy atom. The fourth-order valence-electron chi connectivity index (χ4n) is 6.07. The molecule has 0 aliphatic rings. The number of ether oxygens (including phenoxy) is 2. The monoisotopic (exact) mass is 623 g/mol. The lowest BCUT2D eigenvalue weighted by Crippen LogP contribution is -2.15. The van der Waals surface area contributed by atoms with E-state index in [1.54, 1.807) is 19.2 Å². The molecule has 0 saturated carbocycles. The number of nitrogens with zero attached hydrogens (tertiary/aromatic N) is 1. The molecule has 0 N–H and O–H groups in total. The lowest BCUT2D eigenvalue weighted by molar-refractivity contribution is 0.308. The highest BCUT2D eigenvalue weighted by Gasteiger charge is 2.31. The number of fused-ring (bicyclic) bond motifs is 2. The van der Waals surface area contributed by atoms with Crippen LogP contribution in [-0.4, -0.2) is 19.5 Å². The quantitative estimate of drug-likeness (QED) is 0.169. The predicted molar refractivity (Wildman–Crippen MR) is 186 cm³/mol. The van der Waals surface area contributed by atoms with Gasteiger partial charge in [0.25, 0.3) is 10.0 Å². The van der Waals surface area contributed by atoms with E-state index in [1.807, 2.05) is 129 Å². The lowest BCUT2D eigenvalue weighted by Gasteiger charge is -2.19. The Balaban J connectivity index is 1.63. The molecule has 0 atom stereocenters. The molecule has 7 aromatic rings. The SMILES string of the molecule is COc1ccc(-c2c(-c3c(OCc4ccccc4)ccc4ccccc34)n(S(=O)(=O)c3ccc(C)cc3)c3ccc(C)cc23)cc1. The van der Waals surface area contributed by atoms with E-state index in [1.165, 1.54) is 3.97 Å². The highest BCUT2D eigenvalue weighted by molar-refractivity contribution is 7.90. The zero-order chi connectivity index (χ0) is 31.8. The molecule has 0 saturated heterocycles. The molecule has 1 aromatic heterocycles. The van der Waals surface area contributed by atoms with Crippen molar-refractivity contribution >= 4 is 31.7 Å². The molecule has 6 heteroatoms. The molecule has 0 unspecified atom stereocenters. The third-order valence-electron chi connectivity index (χ3n) is 8.38. The Labute approximate surface area is 269 Å². The van der Waals surface area contributed by atoms with Crippen molar-refractivity contribution in [1.82, 2.24) is 3.97 Å². The van der Waals surface area contributed by atoms with Crippen LogP contribution in [0.15, 0.2) is 138 Å². The van der Waals surface area contributed by atoms with Gasteiger partial charge in [0.15, 0.2) is 0 Å². The van der Waals surface area contributed by atoms with E-state index < -0.39 is 10.0 Å². The zero-order valence-corrected chi connectivity index (χ0v) is 26.7. The summed E-state index contributed by atoms with van der Waals surface area (Å²) in [5.41, 5.74) is 6.54. The minimum atomic E-state index is -4.09. The van der Waals surface area contributed by atoms with Crippen LogP contribution in [0.25, 0.3) is 44.1 Å². The van der Waals surface area contributed by atoms with Crippen LogP contribution in [0.5, 0.6) is 11.5 Å². The molecule has 0 aliphatic heterocycles. The fraction of sp³-hybridized carbons (Fsp3) is 0.100. The van der Waals surface area contributed by atoms with Gasteiger partial charge in [-0.2, -0.15) is 0 Å².